The summed E-state index contributed by atoms with van der Waals surface area (Å²) < 4.78 is 11.9. The molecule has 0 amide bonds. The molecule has 168 valence electrons. The fourth-order valence-electron chi connectivity index (χ4n) is 9.42. The minimum Gasteiger partial charge on any atom is -0.361 e. The summed E-state index contributed by atoms with van der Waals surface area (Å²) in [7, 11) is 0. The Hall–Kier alpha value is -0.380. The van der Waals surface area contributed by atoms with E-state index in [1.807, 2.05) is 0 Å². The Morgan fingerprint density at radius 2 is 1.90 bits per heavy atom. The van der Waals surface area contributed by atoms with Crippen molar-refractivity contribution in [2.45, 2.75) is 110 Å². The summed E-state index contributed by atoms with van der Waals surface area (Å²) in [4.78, 5) is 0. The maximum absolute atomic E-state index is 10.7. The van der Waals surface area contributed by atoms with Crippen molar-refractivity contribution in [3.05, 3.63) is 11.6 Å². The molecule has 30 heavy (non-hydrogen) atoms. The van der Waals surface area contributed by atoms with Crippen LogP contribution in [0, 0.1) is 46.3 Å². The first-order valence-electron chi connectivity index (χ1n) is 13.0. The van der Waals surface area contributed by atoms with Crippen LogP contribution in [-0.4, -0.2) is 22.8 Å². The second-order valence-electron chi connectivity index (χ2n) is 12.9. The molecule has 5 fully saturated rings. The molecule has 0 radical (unpaired) electrons. The SMILES string of the molecule is CC(C)CCC[C@@H](C)[C@H]1CC[C@H]2[C@@H]3CC=C4CC5(O)OC56OC6[C@]4(C)[C@H]3CC[C@]12C. The van der Waals surface area contributed by atoms with Gasteiger partial charge in [0.15, 0.2) is 0 Å². The third-order valence-corrected chi connectivity index (χ3v) is 11.1. The first-order valence-corrected chi connectivity index (χ1v) is 13.0. The van der Waals surface area contributed by atoms with E-state index in [0.717, 1.165) is 29.6 Å². The maximum Gasteiger partial charge on any atom is 0.255 e. The van der Waals surface area contributed by atoms with Gasteiger partial charge in [0.05, 0.1) is 0 Å². The maximum atomic E-state index is 10.7. The fourth-order valence-corrected chi connectivity index (χ4v) is 9.42. The Kier molecular flexibility index (Phi) is 4.14. The van der Waals surface area contributed by atoms with E-state index < -0.39 is 11.6 Å². The molecule has 10 atom stereocenters. The van der Waals surface area contributed by atoms with Gasteiger partial charge in [-0.25, -0.2) is 0 Å². The Balaban J connectivity index is 1.22. The fraction of sp³-hybridized carbons (Fsp3) is 0.926. The van der Waals surface area contributed by atoms with E-state index >= 15 is 0 Å². The van der Waals surface area contributed by atoms with Gasteiger partial charge in [-0.3, -0.25) is 0 Å². The zero-order valence-corrected chi connectivity index (χ0v) is 19.7. The molecule has 4 aliphatic carbocycles. The molecule has 6 rings (SSSR count). The molecule has 3 nitrogen and oxygen atoms in total. The van der Waals surface area contributed by atoms with Crippen LogP contribution < -0.4 is 0 Å². The Bertz CT molecular complexity index is 774. The van der Waals surface area contributed by atoms with Gasteiger partial charge in [0.1, 0.15) is 6.10 Å². The number of allylic oxidation sites excluding steroid dienone is 1. The molecule has 6 aliphatic rings. The van der Waals surface area contributed by atoms with Gasteiger partial charge in [0.2, 0.25) is 5.79 Å². The molecule has 0 bridgehead atoms. The third kappa shape index (κ3) is 2.38. The van der Waals surface area contributed by atoms with Gasteiger partial charge < -0.3 is 14.6 Å². The third-order valence-electron chi connectivity index (χ3n) is 11.1. The van der Waals surface area contributed by atoms with Crippen LogP contribution in [0.4, 0.5) is 0 Å². The molecule has 3 unspecified atom stereocenters. The average molecular weight is 415 g/mol. The van der Waals surface area contributed by atoms with E-state index in [9.17, 15) is 5.11 Å². The van der Waals surface area contributed by atoms with E-state index in [4.69, 9.17) is 9.47 Å². The average Bonchev–Trinajstić information content (AvgIpc) is 3.50. The monoisotopic (exact) mass is 414 g/mol. The van der Waals surface area contributed by atoms with Gasteiger partial charge in [-0.2, -0.15) is 0 Å². The summed E-state index contributed by atoms with van der Waals surface area (Å²) >= 11 is 0. The van der Waals surface area contributed by atoms with Crippen LogP contribution in [0.3, 0.4) is 0 Å². The number of rotatable bonds is 5. The van der Waals surface area contributed by atoms with Crippen LogP contribution in [0.25, 0.3) is 0 Å². The lowest BCUT2D eigenvalue weighted by atomic mass is 9.47. The minimum absolute atomic E-state index is 0.0773. The van der Waals surface area contributed by atoms with Gasteiger partial charge in [-0.15, -0.1) is 0 Å². The molecule has 3 heteroatoms. The van der Waals surface area contributed by atoms with Crippen molar-refractivity contribution in [2.24, 2.45) is 46.3 Å². The van der Waals surface area contributed by atoms with Gasteiger partial charge in [0, 0.05) is 11.8 Å². The lowest BCUT2D eigenvalue weighted by Crippen LogP contribution is -2.53. The van der Waals surface area contributed by atoms with E-state index in [1.54, 1.807) is 0 Å². The molecule has 1 N–H and O–H groups in total. The van der Waals surface area contributed by atoms with E-state index in [1.165, 1.54) is 56.9 Å². The van der Waals surface area contributed by atoms with Crippen molar-refractivity contribution in [1.29, 1.82) is 0 Å². The summed E-state index contributed by atoms with van der Waals surface area (Å²) in [5.41, 5.74) is 2.03. The molecule has 0 aromatic carbocycles. The number of aliphatic hydroxyl groups is 1. The Morgan fingerprint density at radius 3 is 2.67 bits per heavy atom. The Morgan fingerprint density at radius 1 is 1.10 bits per heavy atom. The highest BCUT2D eigenvalue weighted by Crippen LogP contribution is 2.78. The molecule has 2 aliphatic heterocycles. The predicted molar refractivity (Wildman–Crippen MR) is 117 cm³/mol. The highest BCUT2D eigenvalue weighted by atomic mass is 16.9. The lowest BCUT2D eigenvalue weighted by molar-refractivity contribution is -0.0571. The zero-order valence-electron chi connectivity index (χ0n) is 19.7. The van der Waals surface area contributed by atoms with Crippen molar-refractivity contribution in [1.82, 2.24) is 0 Å². The normalized spacial score (nSPS) is 56.2. The molecule has 0 aromatic heterocycles. The number of fused-ring (bicyclic) bond motifs is 6. The molecule has 1 spiro atoms. The molecular weight excluding hydrogens is 372 g/mol. The van der Waals surface area contributed by atoms with Crippen LogP contribution in [0.2, 0.25) is 0 Å². The first-order chi connectivity index (χ1) is 14.2. The summed E-state index contributed by atoms with van der Waals surface area (Å²) in [6.07, 6.45) is 14.2. The van der Waals surface area contributed by atoms with Gasteiger partial charge >= 0.3 is 0 Å². The van der Waals surface area contributed by atoms with Crippen LogP contribution in [-0.2, 0) is 9.47 Å². The van der Waals surface area contributed by atoms with Gasteiger partial charge in [0.25, 0.3) is 5.79 Å². The van der Waals surface area contributed by atoms with Crippen molar-refractivity contribution in [3.63, 3.8) is 0 Å². The van der Waals surface area contributed by atoms with Crippen LogP contribution in [0.1, 0.15) is 92.4 Å². The van der Waals surface area contributed by atoms with Gasteiger partial charge in [-0.1, -0.05) is 65.5 Å². The number of ether oxygens (including phenoxy) is 2. The predicted octanol–water partition coefficient (Wildman–Crippen LogP) is 6.06. The van der Waals surface area contributed by atoms with Crippen LogP contribution in [0.5, 0.6) is 0 Å². The highest BCUT2D eigenvalue weighted by Gasteiger charge is 2.93. The largest absolute Gasteiger partial charge is 0.361 e. The van der Waals surface area contributed by atoms with E-state index in [0.29, 0.717) is 17.8 Å². The van der Waals surface area contributed by atoms with E-state index in [-0.39, 0.29) is 11.5 Å². The molecule has 0 aromatic rings. The number of epoxide rings is 2. The lowest BCUT2D eigenvalue weighted by Gasteiger charge is -2.57. The number of hydrogen-bond donors (Lipinski definition) is 1. The summed E-state index contributed by atoms with van der Waals surface area (Å²) in [6.45, 7) is 12.4. The minimum atomic E-state index is -1.01. The summed E-state index contributed by atoms with van der Waals surface area (Å²) in [5.74, 6) is 3.30. The first kappa shape index (κ1) is 20.2. The summed E-state index contributed by atoms with van der Waals surface area (Å²) in [6, 6.07) is 0. The van der Waals surface area contributed by atoms with Crippen LogP contribution >= 0.6 is 0 Å². The molecule has 2 heterocycles. The zero-order chi connectivity index (χ0) is 21.1. The topological polar surface area (TPSA) is 45.3 Å². The Labute approximate surface area is 183 Å². The second-order valence-corrected chi connectivity index (χ2v) is 12.9. The molecule has 2 saturated heterocycles. The van der Waals surface area contributed by atoms with Crippen molar-refractivity contribution in [3.8, 4) is 0 Å². The standard InChI is InChI=1S/C27H42O3/c1-16(2)7-6-8-17(3)20-11-12-21-19-10-9-18-15-26(28)27(30-26)23(29-27)25(18,5)22(19)13-14-24(20,21)4/h9,16-17,19-23,28H,6-8,10-15H2,1-5H3/t17-,19+,20-,21+,22+,23?,24-,25+,26?,27?/m1/s1. The second kappa shape index (κ2) is 6.14. The quantitative estimate of drug-likeness (QED) is 0.439. The van der Waals surface area contributed by atoms with Crippen molar-refractivity contribution in [2.75, 3.05) is 0 Å². The van der Waals surface area contributed by atoms with E-state index in [2.05, 4.69) is 40.7 Å². The number of hydrogen-bond acceptors (Lipinski definition) is 3. The van der Waals surface area contributed by atoms with Crippen molar-refractivity contribution >= 4 is 0 Å². The van der Waals surface area contributed by atoms with Gasteiger partial charge in [-0.05, 0) is 73.0 Å². The summed E-state index contributed by atoms with van der Waals surface area (Å²) in [5, 5.41) is 10.7. The smallest absolute Gasteiger partial charge is 0.255 e. The van der Waals surface area contributed by atoms with Crippen LogP contribution in [0.15, 0.2) is 11.6 Å². The molecule has 3 saturated carbocycles. The molecular formula is C27H42O3. The van der Waals surface area contributed by atoms with Crippen molar-refractivity contribution < 1.29 is 14.6 Å². The highest BCUT2D eigenvalue weighted by molar-refractivity contribution is 5.40.